The van der Waals surface area contributed by atoms with E-state index in [1.165, 1.54) is 12.8 Å². The second-order valence-corrected chi connectivity index (χ2v) is 3.19. The zero-order valence-electron chi connectivity index (χ0n) is 7.47. The van der Waals surface area contributed by atoms with Gasteiger partial charge in [-0.3, -0.25) is 9.69 Å². The molecule has 11 heavy (non-hydrogen) atoms. The summed E-state index contributed by atoms with van der Waals surface area (Å²) in [4.78, 5) is 13.4. The number of nitrogens with zero attached hydrogens (tertiary/aromatic N) is 1. The van der Waals surface area contributed by atoms with Crippen LogP contribution in [0.1, 0.15) is 33.1 Å². The maximum Gasteiger partial charge on any atom is 0.146 e. The van der Waals surface area contributed by atoms with Crippen molar-refractivity contribution < 1.29 is 4.79 Å². The number of carbonyl (C=O) groups is 1. The summed E-state index contributed by atoms with van der Waals surface area (Å²) in [5, 5.41) is 0. The van der Waals surface area contributed by atoms with Gasteiger partial charge in [0, 0.05) is 12.5 Å². The molecule has 0 heterocycles. The van der Waals surface area contributed by atoms with Crippen LogP contribution in [0.2, 0.25) is 0 Å². The van der Waals surface area contributed by atoms with Gasteiger partial charge in [-0.05, 0) is 19.4 Å². The van der Waals surface area contributed by atoms with E-state index in [1.807, 2.05) is 6.92 Å². The largest absolute Gasteiger partial charge is 0.298 e. The maximum absolute atomic E-state index is 11.1. The van der Waals surface area contributed by atoms with Gasteiger partial charge < -0.3 is 0 Å². The van der Waals surface area contributed by atoms with E-state index in [2.05, 4.69) is 11.8 Å². The van der Waals surface area contributed by atoms with Gasteiger partial charge in [0.05, 0.1) is 6.54 Å². The third-order valence-corrected chi connectivity index (χ3v) is 2.24. The summed E-state index contributed by atoms with van der Waals surface area (Å²) >= 11 is 0. The molecule has 0 amide bonds. The molecule has 0 aliphatic heterocycles. The molecule has 2 heteroatoms. The van der Waals surface area contributed by atoms with Crippen molar-refractivity contribution in [1.82, 2.24) is 4.90 Å². The molecule has 1 rings (SSSR count). The lowest BCUT2D eigenvalue weighted by Crippen LogP contribution is -2.31. The first-order valence-corrected chi connectivity index (χ1v) is 4.53. The zero-order valence-corrected chi connectivity index (χ0v) is 7.47. The number of Topliss-reactive ketones (excluding diaryl/α,β-unsaturated/α-hetero) is 1. The lowest BCUT2D eigenvalue weighted by molar-refractivity contribution is -0.120. The number of hydrogen-bond acceptors (Lipinski definition) is 2. The Labute approximate surface area is 68.6 Å². The summed E-state index contributed by atoms with van der Waals surface area (Å²) in [6, 6.07) is 0.732. The fraction of sp³-hybridized carbons (Fsp3) is 0.889. The minimum Gasteiger partial charge on any atom is -0.298 e. The zero-order chi connectivity index (χ0) is 8.27. The molecular weight excluding hydrogens is 138 g/mol. The van der Waals surface area contributed by atoms with Crippen LogP contribution in [0.15, 0.2) is 0 Å². The predicted octanol–water partition coefficient (Wildman–Crippen LogP) is 1.45. The van der Waals surface area contributed by atoms with Gasteiger partial charge in [0.2, 0.25) is 0 Å². The number of carbonyl (C=O) groups excluding carboxylic acids is 1. The monoisotopic (exact) mass is 155 g/mol. The van der Waals surface area contributed by atoms with Gasteiger partial charge in [0.1, 0.15) is 5.78 Å². The molecule has 0 radical (unpaired) electrons. The summed E-state index contributed by atoms with van der Waals surface area (Å²) < 4.78 is 0. The van der Waals surface area contributed by atoms with Crippen molar-refractivity contribution in [3.63, 3.8) is 0 Å². The molecule has 2 nitrogen and oxygen atoms in total. The van der Waals surface area contributed by atoms with Crippen LogP contribution in [0.5, 0.6) is 0 Å². The SMILES string of the molecule is CCC(=O)CN(CC)C1CC1. The Balaban J connectivity index is 2.25. The van der Waals surface area contributed by atoms with E-state index in [9.17, 15) is 4.79 Å². The lowest BCUT2D eigenvalue weighted by atomic mass is 10.3. The van der Waals surface area contributed by atoms with Gasteiger partial charge in [0.25, 0.3) is 0 Å². The second-order valence-electron chi connectivity index (χ2n) is 3.19. The van der Waals surface area contributed by atoms with E-state index in [0.29, 0.717) is 18.7 Å². The summed E-state index contributed by atoms with van der Waals surface area (Å²) in [5.74, 6) is 0.374. The maximum atomic E-state index is 11.1. The number of ketones is 1. The van der Waals surface area contributed by atoms with Crippen molar-refractivity contribution in [1.29, 1.82) is 0 Å². The molecule has 1 aliphatic carbocycles. The average Bonchev–Trinajstić information content (AvgIpc) is 2.82. The third kappa shape index (κ3) is 2.62. The molecule has 1 aliphatic rings. The average molecular weight is 155 g/mol. The van der Waals surface area contributed by atoms with Crippen LogP contribution in [0.4, 0.5) is 0 Å². The highest BCUT2D eigenvalue weighted by atomic mass is 16.1. The van der Waals surface area contributed by atoms with Crippen LogP contribution in [0.3, 0.4) is 0 Å². The molecule has 0 aromatic carbocycles. The van der Waals surface area contributed by atoms with E-state index in [1.54, 1.807) is 0 Å². The first-order chi connectivity index (χ1) is 5.27. The summed E-state index contributed by atoms with van der Waals surface area (Å²) in [6.45, 7) is 5.76. The van der Waals surface area contributed by atoms with Gasteiger partial charge >= 0.3 is 0 Å². The van der Waals surface area contributed by atoms with Gasteiger partial charge in [0.15, 0.2) is 0 Å². The molecule has 1 fully saturated rings. The topological polar surface area (TPSA) is 20.3 Å². The Hall–Kier alpha value is -0.370. The van der Waals surface area contributed by atoms with Crippen LogP contribution in [0.25, 0.3) is 0 Å². The lowest BCUT2D eigenvalue weighted by Gasteiger charge is -2.17. The normalized spacial score (nSPS) is 17.4. The van der Waals surface area contributed by atoms with Crippen LogP contribution in [-0.4, -0.2) is 29.8 Å². The van der Waals surface area contributed by atoms with Crippen molar-refractivity contribution in [2.75, 3.05) is 13.1 Å². The summed E-state index contributed by atoms with van der Waals surface area (Å²) in [6.07, 6.45) is 3.28. The van der Waals surface area contributed by atoms with Gasteiger partial charge in [-0.1, -0.05) is 13.8 Å². The summed E-state index contributed by atoms with van der Waals surface area (Å²) in [5.41, 5.74) is 0. The molecular formula is C9H17NO. The Bertz CT molecular complexity index is 140. The first kappa shape index (κ1) is 8.72. The second kappa shape index (κ2) is 3.86. The van der Waals surface area contributed by atoms with Gasteiger partial charge in [-0.25, -0.2) is 0 Å². The molecule has 0 atom stereocenters. The summed E-state index contributed by atoms with van der Waals surface area (Å²) in [7, 11) is 0. The molecule has 1 saturated carbocycles. The van der Waals surface area contributed by atoms with Gasteiger partial charge in [-0.2, -0.15) is 0 Å². The first-order valence-electron chi connectivity index (χ1n) is 4.53. The molecule has 0 spiro atoms. The fourth-order valence-corrected chi connectivity index (χ4v) is 1.28. The van der Waals surface area contributed by atoms with Crippen LogP contribution >= 0.6 is 0 Å². The number of hydrogen-bond donors (Lipinski definition) is 0. The van der Waals surface area contributed by atoms with Crippen LogP contribution in [0, 0.1) is 0 Å². The van der Waals surface area contributed by atoms with Gasteiger partial charge in [-0.15, -0.1) is 0 Å². The minimum absolute atomic E-state index is 0.374. The van der Waals surface area contributed by atoms with Crippen molar-refractivity contribution in [3.05, 3.63) is 0 Å². The number of likely N-dealkylation sites (N-methyl/N-ethyl adjacent to an activating group) is 1. The molecule has 0 aromatic heterocycles. The third-order valence-electron chi connectivity index (χ3n) is 2.24. The fourth-order valence-electron chi connectivity index (χ4n) is 1.28. The van der Waals surface area contributed by atoms with E-state index in [-0.39, 0.29) is 0 Å². The molecule has 0 aromatic rings. The van der Waals surface area contributed by atoms with E-state index >= 15 is 0 Å². The highest BCUT2D eigenvalue weighted by molar-refractivity contribution is 5.80. The van der Waals surface area contributed by atoms with Crippen LogP contribution in [-0.2, 0) is 4.79 Å². The Kier molecular flexibility index (Phi) is 3.06. The highest BCUT2D eigenvalue weighted by Crippen LogP contribution is 2.26. The Morgan fingerprint density at radius 3 is 2.45 bits per heavy atom. The predicted molar refractivity (Wildman–Crippen MR) is 45.6 cm³/mol. The van der Waals surface area contributed by atoms with E-state index in [4.69, 9.17) is 0 Å². The minimum atomic E-state index is 0.374. The Morgan fingerprint density at radius 1 is 1.45 bits per heavy atom. The quantitative estimate of drug-likeness (QED) is 0.599. The smallest absolute Gasteiger partial charge is 0.146 e. The van der Waals surface area contributed by atoms with E-state index in [0.717, 1.165) is 12.6 Å². The number of rotatable bonds is 5. The van der Waals surface area contributed by atoms with Crippen molar-refractivity contribution in [2.24, 2.45) is 0 Å². The molecule has 0 unspecified atom stereocenters. The Morgan fingerprint density at radius 2 is 2.09 bits per heavy atom. The molecule has 0 bridgehead atoms. The highest BCUT2D eigenvalue weighted by Gasteiger charge is 2.28. The van der Waals surface area contributed by atoms with Crippen molar-refractivity contribution >= 4 is 5.78 Å². The van der Waals surface area contributed by atoms with Crippen LogP contribution < -0.4 is 0 Å². The molecule has 0 N–H and O–H groups in total. The van der Waals surface area contributed by atoms with Crippen molar-refractivity contribution in [2.45, 2.75) is 39.2 Å². The van der Waals surface area contributed by atoms with Crippen molar-refractivity contribution in [3.8, 4) is 0 Å². The standard InChI is InChI=1S/C9H17NO/c1-3-9(11)7-10(4-2)8-5-6-8/h8H,3-7H2,1-2H3. The molecule has 64 valence electrons. The van der Waals surface area contributed by atoms with E-state index < -0.39 is 0 Å². The molecule has 0 saturated heterocycles.